The van der Waals surface area contributed by atoms with Crippen LogP contribution < -0.4 is 4.74 Å². The van der Waals surface area contributed by atoms with Crippen LogP contribution in [0.1, 0.15) is 12.8 Å². The van der Waals surface area contributed by atoms with Gasteiger partial charge in [-0.1, -0.05) is 0 Å². The van der Waals surface area contributed by atoms with E-state index in [0.717, 1.165) is 36.4 Å². The Morgan fingerprint density at radius 1 is 0.872 bits per heavy atom. The molecule has 0 bridgehead atoms. The molecule has 39 heavy (non-hydrogen) atoms. The lowest BCUT2D eigenvalue weighted by atomic mass is 10.1. The smallest absolute Gasteiger partial charge is 0.161 e. The normalized spacial score (nSPS) is 14.0. The highest BCUT2D eigenvalue weighted by molar-refractivity contribution is 5.96. The van der Waals surface area contributed by atoms with Gasteiger partial charge in [-0.3, -0.25) is 20.0 Å². The number of ether oxygens (including phenoxy) is 1. The predicted molar refractivity (Wildman–Crippen MR) is 147 cm³/mol. The lowest BCUT2D eigenvalue weighted by Crippen LogP contribution is -2.25. The van der Waals surface area contributed by atoms with Crippen molar-refractivity contribution in [2.45, 2.75) is 12.8 Å². The summed E-state index contributed by atoms with van der Waals surface area (Å²) in [7, 11) is 0. The van der Waals surface area contributed by atoms with Crippen LogP contribution in [0.4, 0.5) is 4.39 Å². The maximum atomic E-state index is 14.7. The van der Waals surface area contributed by atoms with Gasteiger partial charge >= 0.3 is 0 Å². The fraction of sp³-hybridized carbons (Fsp3) is 0.207. The molecule has 6 heterocycles. The van der Waals surface area contributed by atoms with Gasteiger partial charge in [0, 0.05) is 42.3 Å². The first-order valence-corrected chi connectivity index (χ1v) is 13.0. The van der Waals surface area contributed by atoms with Crippen LogP contribution in [-0.2, 0) is 0 Å². The van der Waals surface area contributed by atoms with Crippen molar-refractivity contribution in [2.24, 2.45) is 0 Å². The Balaban J connectivity index is 1.23. The minimum Gasteiger partial charge on any atom is -0.492 e. The number of H-pyrrole nitrogens is 2. The average Bonchev–Trinajstić information content (AvgIpc) is 3.72. The largest absolute Gasteiger partial charge is 0.492 e. The highest BCUT2D eigenvalue weighted by atomic mass is 19.1. The van der Waals surface area contributed by atoms with E-state index in [-0.39, 0.29) is 5.82 Å². The van der Waals surface area contributed by atoms with E-state index >= 15 is 0 Å². The summed E-state index contributed by atoms with van der Waals surface area (Å²) in [4.78, 5) is 23.9. The van der Waals surface area contributed by atoms with E-state index < -0.39 is 0 Å². The number of nitrogens with zero attached hydrogens (tertiary/aromatic N) is 6. The summed E-state index contributed by atoms with van der Waals surface area (Å²) in [5.74, 6) is 0.661. The highest BCUT2D eigenvalue weighted by Gasteiger charge is 2.18. The minimum absolute atomic E-state index is 0.373. The summed E-state index contributed by atoms with van der Waals surface area (Å²) < 4.78 is 20.6. The molecule has 1 fully saturated rings. The van der Waals surface area contributed by atoms with Crippen molar-refractivity contribution < 1.29 is 9.13 Å². The first-order chi connectivity index (χ1) is 19.2. The van der Waals surface area contributed by atoms with Gasteiger partial charge < -0.3 is 9.72 Å². The number of hydrogen-bond acceptors (Lipinski definition) is 7. The summed E-state index contributed by atoms with van der Waals surface area (Å²) in [5, 5.41) is 7.54. The first kappa shape index (κ1) is 23.4. The van der Waals surface area contributed by atoms with Crippen LogP contribution in [-0.4, -0.2) is 66.3 Å². The monoisotopic (exact) mass is 520 g/mol. The Morgan fingerprint density at radius 2 is 1.74 bits per heavy atom. The molecule has 0 radical (unpaired) electrons. The lowest BCUT2D eigenvalue weighted by molar-refractivity contribution is 0.237. The SMILES string of the molecule is Fc1cc(OCCN2CCCC2)cc(-c2cncc3[nH]c(-c4n[nH]c5ccc(-c6ccncc6)nc45)nc23)c1. The maximum Gasteiger partial charge on any atom is 0.161 e. The fourth-order valence-electron chi connectivity index (χ4n) is 5.10. The molecular formula is C29H25FN8O. The van der Waals surface area contributed by atoms with E-state index in [2.05, 4.69) is 30.0 Å². The van der Waals surface area contributed by atoms with Crippen molar-refractivity contribution in [1.29, 1.82) is 0 Å². The minimum atomic E-state index is -0.373. The zero-order valence-corrected chi connectivity index (χ0v) is 21.1. The zero-order valence-electron chi connectivity index (χ0n) is 21.1. The van der Waals surface area contributed by atoms with Gasteiger partial charge in [-0.25, -0.2) is 14.4 Å². The van der Waals surface area contributed by atoms with E-state index in [9.17, 15) is 4.39 Å². The standard InChI is InChI=1S/C29H25FN8O/c30-20-13-19(14-21(15-20)39-12-11-38-9-1-2-10-38)22-16-32-17-25-26(22)35-29(34-25)28-27-24(36-37-28)4-3-23(33-27)18-5-7-31-8-6-18/h3-8,13-17H,1-2,9-12H2,(H,34,35)(H,36,37). The fourth-order valence-corrected chi connectivity index (χ4v) is 5.10. The van der Waals surface area contributed by atoms with Crippen molar-refractivity contribution >= 4 is 22.1 Å². The number of imidazole rings is 1. The molecule has 0 aliphatic carbocycles. The molecule has 194 valence electrons. The first-order valence-electron chi connectivity index (χ1n) is 13.0. The lowest BCUT2D eigenvalue weighted by Gasteiger charge is -2.15. The number of nitrogens with one attached hydrogen (secondary N) is 2. The molecule has 2 N–H and O–H groups in total. The van der Waals surface area contributed by atoms with Crippen LogP contribution in [0, 0.1) is 5.82 Å². The topological polar surface area (TPSA) is 108 Å². The Labute approximate surface area is 223 Å². The molecule has 0 spiro atoms. The van der Waals surface area contributed by atoms with Gasteiger partial charge in [0.25, 0.3) is 0 Å². The number of aromatic amines is 2. The second kappa shape index (κ2) is 9.88. The number of likely N-dealkylation sites (tertiary alicyclic amines) is 1. The number of rotatable bonds is 7. The molecule has 7 rings (SSSR count). The van der Waals surface area contributed by atoms with Crippen molar-refractivity contribution in [2.75, 3.05) is 26.2 Å². The van der Waals surface area contributed by atoms with E-state index in [1.54, 1.807) is 24.8 Å². The summed E-state index contributed by atoms with van der Waals surface area (Å²) in [5.41, 5.74) is 6.56. The molecule has 9 nitrogen and oxygen atoms in total. The van der Waals surface area contributed by atoms with Gasteiger partial charge in [-0.2, -0.15) is 5.10 Å². The molecule has 1 aromatic carbocycles. The summed E-state index contributed by atoms with van der Waals surface area (Å²) >= 11 is 0. The maximum absolute atomic E-state index is 14.7. The molecule has 1 aliphatic rings. The number of pyridine rings is 3. The van der Waals surface area contributed by atoms with Crippen LogP contribution in [0.2, 0.25) is 0 Å². The zero-order chi connectivity index (χ0) is 26.2. The number of aromatic nitrogens is 7. The van der Waals surface area contributed by atoms with Gasteiger partial charge in [-0.05, 0) is 67.9 Å². The number of hydrogen-bond donors (Lipinski definition) is 2. The van der Waals surface area contributed by atoms with E-state index in [4.69, 9.17) is 14.7 Å². The molecule has 10 heteroatoms. The van der Waals surface area contributed by atoms with Crippen molar-refractivity contribution in [1.82, 2.24) is 40.0 Å². The van der Waals surface area contributed by atoms with Crippen molar-refractivity contribution in [3.8, 4) is 39.7 Å². The molecule has 1 aliphatic heterocycles. The summed E-state index contributed by atoms with van der Waals surface area (Å²) in [6.07, 6.45) is 9.32. The molecule has 0 unspecified atom stereocenters. The molecule has 0 amide bonds. The second-order valence-corrected chi connectivity index (χ2v) is 9.64. The third kappa shape index (κ3) is 4.59. The summed E-state index contributed by atoms with van der Waals surface area (Å²) in [6, 6.07) is 12.4. The van der Waals surface area contributed by atoms with Crippen molar-refractivity contribution in [3.05, 3.63) is 73.1 Å². The van der Waals surface area contributed by atoms with Gasteiger partial charge in [-0.15, -0.1) is 0 Å². The van der Waals surface area contributed by atoms with Crippen molar-refractivity contribution in [3.63, 3.8) is 0 Å². The third-order valence-corrected chi connectivity index (χ3v) is 7.06. The van der Waals surface area contributed by atoms with Crippen LogP contribution in [0.5, 0.6) is 5.75 Å². The molecule has 0 atom stereocenters. The van der Waals surface area contributed by atoms with Gasteiger partial charge in [0.05, 0.1) is 28.4 Å². The van der Waals surface area contributed by atoms with Crippen LogP contribution in [0.25, 0.3) is 56.0 Å². The van der Waals surface area contributed by atoms with Crippen LogP contribution in [0.3, 0.4) is 0 Å². The predicted octanol–water partition coefficient (Wildman–Crippen LogP) is 5.24. The molecule has 0 saturated carbocycles. The average molecular weight is 521 g/mol. The molecular weight excluding hydrogens is 495 g/mol. The van der Waals surface area contributed by atoms with Crippen LogP contribution >= 0.6 is 0 Å². The molecule has 5 aromatic heterocycles. The highest BCUT2D eigenvalue weighted by Crippen LogP contribution is 2.33. The number of fused-ring (bicyclic) bond motifs is 2. The second-order valence-electron chi connectivity index (χ2n) is 9.64. The number of benzene rings is 1. The quantitative estimate of drug-likeness (QED) is 0.296. The third-order valence-electron chi connectivity index (χ3n) is 7.06. The number of halogens is 1. The van der Waals surface area contributed by atoms with E-state index in [1.165, 1.54) is 25.0 Å². The Hall–Kier alpha value is -4.70. The van der Waals surface area contributed by atoms with Gasteiger partial charge in [0.15, 0.2) is 11.5 Å². The Bertz CT molecular complexity index is 1780. The van der Waals surface area contributed by atoms with Gasteiger partial charge in [0.2, 0.25) is 0 Å². The van der Waals surface area contributed by atoms with E-state index in [0.29, 0.717) is 51.6 Å². The Kier molecular flexibility index (Phi) is 5.93. The van der Waals surface area contributed by atoms with Gasteiger partial charge in [0.1, 0.15) is 23.7 Å². The molecule has 1 saturated heterocycles. The Morgan fingerprint density at radius 3 is 2.62 bits per heavy atom. The molecule has 6 aromatic rings. The summed E-state index contributed by atoms with van der Waals surface area (Å²) in [6.45, 7) is 3.54. The van der Waals surface area contributed by atoms with Crippen LogP contribution in [0.15, 0.2) is 67.3 Å². The van der Waals surface area contributed by atoms with E-state index in [1.807, 2.05) is 30.3 Å².